The fourth-order valence-corrected chi connectivity index (χ4v) is 4.29. The molecule has 2 aromatic carbocycles. The molecule has 1 saturated heterocycles. The first-order valence-electron chi connectivity index (χ1n) is 10.8. The lowest BCUT2D eigenvalue weighted by atomic mass is 9.94. The second-order valence-corrected chi connectivity index (χ2v) is 8.28. The number of hydrogen-bond donors (Lipinski definition) is 1. The number of nitriles is 1. The molecule has 0 saturated carbocycles. The number of pyridine rings is 1. The maximum absolute atomic E-state index is 12.9. The fourth-order valence-electron chi connectivity index (χ4n) is 4.12. The van der Waals surface area contributed by atoms with Gasteiger partial charge in [-0.1, -0.05) is 17.7 Å². The van der Waals surface area contributed by atoms with Gasteiger partial charge in [-0.15, -0.1) is 0 Å². The summed E-state index contributed by atoms with van der Waals surface area (Å²) in [6.45, 7) is 3.29. The summed E-state index contributed by atoms with van der Waals surface area (Å²) in [5.74, 6) is -0.673. The van der Waals surface area contributed by atoms with E-state index >= 15 is 0 Å². The van der Waals surface area contributed by atoms with Crippen molar-refractivity contribution in [3.05, 3.63) is 64.8 Å². The summed E-state index contributed by atoms with van der Waals surface area (Å²) >= 11 is 6.20. The largest absolute Gasteiger partial charge is 0.462 e. The van der Waals surface area contributed by atoms with Crippen LogP contribution in [-0.4, -0.2) is 36.6 Å². The number of aromatic nitrogens is 1. The Hall–Kier alpha value is -3.63. The highest BCUT2D eigenvalue weighted by atomic mass is 35.5. The molecule has 1 aromatic heterocycles. The Labute approximate surface area is 196 Å². The summed E-state index contributed by atoms with van der Waals surface area (Å²) in [4.78, 5) is 31.3. The molecule has 0 atom stereocenters. The van der Waals surface area contributed by atoms with E-state index in [1.807, 2.05) is 12.1 Å². The quantitative estimate of drug-likeness (QED) is 0.547. The van der Waals surface area contributed by atoms with Gasteiger partial charge in [0.25, 0.3) is 0 Å². The lowest BCUT2D eigenvalue weighted by Crippen LogP contribution is -2.38. The highest BCUT2D eigenvalue weighted by molar-refractivity contribution is 6.31. The molecule has 1 aliphatic heterocycles. The molecule has 3 aromatic rings. The minimum Gasteiger partial charge on any atom is -0.462 e. The monoisotopic (exact) mass is 462 g/mol. The Morgan fingerprint density at radius 2 is 2.03 bits per heavy atom. The molecule has 1 amide bonds. The Balaban J connectivity index is 1.46. The summed E-state index contributed by atoms with van der Waals surface area (Å²) in [5.41, 5.74) is 3.04. The molecule has 0 bridgehead atoms. The van der Waals surface area contributed by atoms with Gasteiger partial charge < -0.3 is 15.0 Å². The number of rotatable bonds is 5. The number of halogens is 1. The first-order chi connectivity index (χ1) is 16.0. The van der Waals surface area contributed by atoms with E-state index in [1.54, 1.807) is 43.5 Å². The SMILES string of the molecule is CCOC(=O)c1cccc(NC(=O)C2CCN(c3c(C#N)cnc4ccc(Cl)cc34)CC2)c1. The minimum absolute atomic E-state index is 0.0844. The van der Waals surface area contributed by atoms with E-state index in [0.717, 1.165) is 16.6 Å². The van der Waals surface area contributed by atoms with Crippen LogP contribution in [0.3, 0.4) is 0 Å². The van der Waals surface area contributed by atoms with Gasteiger partial charge in [-0.3, -0.25) is 9.78 Å². The number of amides is 1. The lowest BCUT2D eigenvalue weighted by Gasteiger charge is -2.34. The zero-order valence-electron chi connectivity index (χ0n) is 18.2. The summed E-state index contributed by atoms with van der Waals surface area (Å²) in [5, 5.41) is 14.0. The van der Waals surface area contributed by atoms with Crippen molar-refractivity contribution < 1.29 is 14.3 Å². The van der Waals surface area contributed by atoms with Crippen LogP contribution >= 0.6 is 11.6 Å². The lowest BCUT2D eigenvalue weighted by molar-refractivity contribution is -0.120. The van der Waals surface area contributed by atoms with Crippen LogP contribution in [0.25, 0.3) is 10.9 Å². The third kappa shape index (κ3) is 4.91. The molecule has 0 spiro atoms. The van der Waals surface area contributed by atoms with E-state index in [1.165, 1.54) is 0 Å². The molecule has 0 unspecified atom stereocenters. The maximum atomic E-state index is 12.9. The number of carbonyl (C=O) groups is 2. The number of esters is 1. The van der Waals surface area contributed by atoms with Gasteiger partial charge in [0, 0.05) is 41.3 Å². The van der Waals surface area contributed by atoms with Gasteiger partial charge in [-0.25, -0.2) is 4.79 Å². The molecule has 0 radical (unpaired) electrons. The van der Waals surface area contributed by atoms with Crippen molar-refractivity contribution >= 4 is 45.8 Å². The van der Waals surface area contributed by atoms with Crippen molar-refractivity contribution in [1.82, 2.24) is 4.98 Å². The van der Waals surface area contributed by atoms with Gasteiger partial charge in [-0.05, 0) is 56.2 Å². The Morgan fingerprint density at radius 1 is 1.24 bits per heavy atom. The van der Waals surface area contributed by atoms with Crippen molar-refractivity contribution in [3.63, 3.8) is 0 Å². The third-order valence-corrected chi connectivity index (χ3v) is 5.98. The van der Waals surface area contributed by atoms with Crippen LogP contribution in [0.1, 0.15) is 35.7 Å². The van der Waals surface area contributed by atoms with Crippen molar-refractivity contribution in [2.45, 2.75) is 19.8 Å². The molecule has 168 valence electrons. The summed E-state index contributed by atoms with van der Waals surface area (Å²) < 4.78 is 5.02. The van der Waals surface area contributed by atoms with E-state index in [9.17, 15) is 14.9 Å². The summed E-state index contributed by atoms with van der Waals surface area (Å²) in [7, 11) is 0. The predicted octanol–water partition coefficient (Wildman–Crippen LogP) is 4.79. The number of benzene rings is 2. The zero-order chi connectivity index (χ0) is 23.4. The fraction of sp³-hybridized carbons (Fsp3) is 0.280. The Morgan fingerprint density at radius 3 is 2.76 bits per heavy atom. The highest BCUT2D eigenvalue weighted by Gasteiger charge is 2.27. The number of nitrogens with one attached hydrogen (secondary N) is 1. The molecule has 2 heterocycles. The van der Waals surface area contributed by atoms with Crippen molar-refractivity contribution in [2.24, 2.45) is 5.92 Å². The number of carbonyl (C=O) groups excluding carboxylic acids is 2. The molecule has 1 N–H and O–H groups in total. The third-order valence-electron chi connectivity index (χ3n) is 5.75. The smallest absolute Gasteiger partial charge is 0.338 e. The van der Waals surface area contributed by atoms with Crippen LogP contribution in [0, 0.1) is 17.2 Å². The molecule has 0 aliphatic carbocycles. The van der Waals surface area contributed by atoms with Gasteiger partial charge in [0.2, 0.25) is 5.91 Å². The predicted molar refractivity (Wildman–Crippen MR) is 127 cm³/mol. The normalized spacial score (nSPS) is 14.0. The molecular weight excluding hydrogens is 440 g/mol. The van der Waals surface area contributed by atoms with Crippen LogP contribution in [0.5, 0.6) is 0 Å². The topological polar surface area (TPSA) is 95.3 Å². The number of hydrogen-bond acceptors (Lipinski definition) is 6. The Bertz CT molecular complexity index is 1250. The van der Waals surface area contributed by atoms with Crippen molar-refractivity contribution in [1.29, 1.82) is 5.26 Å². The Kier molecular flexibility index (Phi) is 6.76. The standard InChI is InChI=1S/C25H23ClN4O3/c1-2-33-25(32)17-4-3-5-20(12-17)29-24(31)16-8-10-30(11-9-16)23-18(14-27)15-28-22-7-6-19(26)13-21(22)23/h3-7,12-13,15-16H,2,8-11H2,1H3,(H,29,31). The zero-order valence-corrected chi connectivity index (χ0v) is 18.9. The average Bonchev–Trinajstić information content (AvgIpc) is 2.83. The van der Waals surface area contributed by atoms with E-state index in [2.05, 4.69) is 21.3 Å². The van der Waals surface area contributed by atoms with E-state index in [4.69, 9.17) is 16.3 Å². The number of fused-ring (bicyclic) bond motifs is 1. The van der Waals surface area contributed by atoms with Crippen molar-refractivity contribution in [2.75, 3.05) is 29.9 Å². The highest BCUT2D eigenvalue weighted by Crippen LogP contribution is 2.34. The van der Waals surface area contributed by atoms with E-state index in [0.29, 0.717) is 54.4 Å². The van der Waals surface area contributed by atoms with Gasteiger partial charge in [0.05, 0.1) is 28.9 Å². The van der Waals surface area contributed by atoms with Gasteiger partial charge >= 0.3 is 5.97 Å². The van der Waals surface area contributed by atoms with Gasteiger partial charge in [0.1, 0.15) is 6.07 Å². The first kappa shape index (κ1) is 22.6. The van der Waals surface area contributed by atoms with E-state index in [-0.39, 0.29) is 11.8 Å². The van der Waals surface area contributed by atoms with Gasteiger partial charge in [0.15, 0.2) is 0 Å². The number of nitrogens with zero attached hydrogens (tertiary/aromatic N) is 3. The van der Waals surface area contributed by atoms with Crippen LogP contribution in [-0.2, 0) is 9.53 Å². The molecule has 1 fully saturated rings. The van der Waals surface area contributed by atoms with E-state index < -0.39 is 5.97 Å². The number of piperidine rings is 1. The second-order valence-electron chi connectivity index (χ2n) is 7.85. The molecule has 4 rings (SSSR count). The summed E-state index contributed by atoms with van der Waals surface area (Å²) in [6, 6.07) is 14.4. The van der Waals surface area contributed by atoms with Gasteiger partial charge in [-0.2, -0.15) is 5.26 Å². The van der Waals surface area contributed by atoms with Crippen LogP contribution in [0.15, 0.2) is 48.7 Å². The van der Waals surface area contributed by atoms with Crippen LogP contribution < -0.4 is 10.2 Å². The number of ether oxygens (including phenoxy) is 1. The minimum atomic E-state index is -0.417. The maximum Gasteiger partial charge on any atom is 0.338 e. The molecule has 1 aliphatic rings. The average molecular weight is 463 g/mol. The van der Waals surface area contributed by atoms with Crippen LogP contribution in [0.2, 0.25) is 5.02 Å². The first-order valence-corrected chi connectivity index (χ1v) is 11.2. The van der Waals surface area contributed by atoms with Crippen molar-refractivity contribution in [3.8, 4) is 6.07 Å². The number of anilines is 2. The second kappa shape index (κ2) is 9.88. The molecule has 8 heteroatoms. The summed E-state index contributed by atoms with van der Waals surface area (Å²) in [6.07, 6.45) is 2.86. The molecule has 33 heavy (non-hydrogen) atoms. The molecule has 7 nitrogen and oxygen atoms in total. The van der Waals surface area contributed by atoms with Crippen LogP contribution in [0.4, 0.5) is 11.4 Å². The molecular formula is C25H23ClN4O3.